The van der Waals surface area contributed by atoms with Crippen molar-refractivity contribution in [2.75, 3.05) is 6.54 Å². The van der Waals surface area contributed by atoms with Gasteiger partial charge in [-0.15, -0.1) is 6.58 Å². The highest BCUT2D eigenvalue weighted by Gasteiger charge is 2.33. The van der Waals surface area contributed by atoms with Crippen LogP contribution in [0.4, 0.5) is 5.69 Å². The Hall–Kier alpha value is -2.74. The van der Waals surface area contributed by atoms with Gasteiger partial charge in [-0.1, -0.05) is 35.3 Å². The zero-order chi connectivity index (χ0) is 21.1. The third-order valence-corrected chi connectivity index (χ3v) is 5.44. The first-order chi connectivity index (χ1) is 13.8. The van der Waals surface area contributed by atoms with E-state index in [4.69, 9.17) is 23.2 Å². The van der Waals surface area contributed by atoms with Crippen molar-refractivity contribution in [3.8, 4) is 5.75 Å². The van der Waals surface area contributed by atoms with Crippen LogP contribution >= 0.6 is 35.0 Å². The lowest BCUT2D eigenvalue weighted by atomic mass is 10.2. The molecule has 0 radical (unpaired) electrons. The molecule has 2 N–H and O–H groups in total. The molecule has 6 nitrogen and oxygen atoms in total. The molecule has 0 aromatic heterocycles. The smallest absolute Gasteiger partial charge is 0.338 e. The fraction of sp³-hybridized carbons (Fsp3) is 0.0500. The van der Waals surface area contributed by atoms with Crippen LogP contribution < -0.4 is 0 Å². The molecule has 2 aromatic carbocycles. The molecule has 9 heteroatoms. The third kappa shape index (κ3) is 4.64. The Morgan fingerprint density at radius 3 is 2.66 bits per heavy atom. The summed E-state index contributed by atoms with van der Waals surface area (Å²) in [4.78, 5) is 30.4. The lowest BCUT2D eigenvalue weighted by Crippen LogP contribution is -2.29. The first-order valence-electron chi connectivity index (χ1n) is 8.22. The molecule has 1 aliphatic rings. The molecule has 3 rings (SSSR count). The standard InChI is InChI=1S/C20H14Cl2N2O4S/c1-2-7-24-18(26)17(8-11-3-4-12(21)9-15(11)22)29-20(24)23-16-6-5-13(25)10-14(16)19(27)28/h2-6,8-10,25H,1,7H2,(H,27,28)/b17-8-,23-20?. The van der Waals surface area contributed by atoms with E-state index >= 15 is 0 Å². The molecule has 0 unspecified atom stereocenters. The van der Waals surface area contributed by atoms with Crippen LogP contribution in [-0.4, -0.2) is 38.7 Å². The number of amidine groups is 1. The number of aliphatic imine (C=N–C) groups is 1. The number of rotatable bonds is 5. The highest BCUT2D eigenvalue weighted by atomic mass is 35.5. The van der Waals surface area contributed by atoms with Gasteiger partial charge in [-0.3, -0.25) is 9.69 Å². The molecule has 2 aromatic rings. The van der Waals surface area contributed by atoms with Crippen molar-refractivity contribution in [2.45, 2.75) is 0 Å². The fourth-order valence-electron chi connectivity index (χ4n) is 2.54. The monoisotopic (exact) mass is 448 g/mol. The van der Waals surface area contributed by atoms with E-state index in [1.165, 1.54) is 17.0 Å². The van der Waals surface area contributed by atoms with Gasteiger partial charge >= 0.3 is 5.97 Å². The number of phenolic OH excluding ortho intramolecular Hbond substituents is 1. The lowest BCUT2D eigenvalue weighted by Gasteiger charge is -2.13. The number of carboxylic acids is 1. The molecule has 0 saturated carbocycles. The molecule has 0 aliphatic carbocycles. The number of amides is 1. The summed E-state index contributed by atoms with van der Waals surface area (Å²) < 4.78 is 0. The first-order valence-corrected chi connectivity index (χ1v) is 9.79. The molecule has 0 atom stereocenters. The Morgan fingerprint density at radius 2 is 2.00 bits per heavy atom. The van der Waals surface area contributed by atoms with E-state index < -0.39 is 5.97 Å². The Morgan fingerprint density at radius 1 is 1.24 bits per heavy atom. The van der Waals surface area contributed by atoms with E-state index in [0.717, 1.165) is 17.8 Å². The number of carbonyl (C=O) groups excluding carboxylic acids is 1. The van der Waals surface area contributed by atoms with E-state index in [1.54, 1.807) is 30.4 Å². The lowest BCUT2D eigenvalue weighted by molar-refractivity contribution is -0.121. The van der Waals surface area contributed by atoms with Crippen molar-refractivity contribution in [1.82, 2.24) is 4.90 Å². The summed E-state index contributed by atoms with van der Waals surface area (Å²) in [6.07, 6.45) is 3.17. The van der Waals surface area contributed by atoms with Crippen molar-refractivity contribution >= 4 is 63.8 Å². The number of hydrogen-bond acceptors (Lipinski definition) is 5. The van der Waals surface area contributed by atoms with Crippen LogP contribution in [0.15, 0.2) is 59.0 Å². The van der Waals surface area contributed by atoms with Gasteiger partial charge in [0.05, 0.1) is 16.2 Å². The van der Waals surface area contributed by atoms with Crippen LogP contribution in [0.5, 0.6) is 5.75 Å². The number of aromatic carboxylic acids is 1. The van der Waals surface area contributed by atoms with E-state index in [-0.39, 0.29) is 29.5 Å². The maximum atomic E-state index is 12.8. The van der Waals surface area contributed by atoms with Crippen molar-refractivity contribution < 1.29 is 19.8 Å². The Kier molecular flexibility index (Phi) is 6.32. The van der Waals surface area contributed by atoms with Crippen molar-refractivity contribution in [2.24, 2.45) is 4.99 Å². The number of halogens is 2. The number of thioether (sulfide) groups is 1. The second kappa shape index (κ2) is 8.73. The summed E-state index contributed by atoms with van der Waals surface area (Å²) in [6, 6.07) is 8.74. The molecule has 1 saturated heterocycles. The molecule has 1 amide bonds. The molecule has 1 heterocycles. The van der Waals surface area contributed by atoms with Crippen LogP contribution in [-0.2, 0) is 4.79 Å². The third-order valence-electron chi connectivity index (χ3n) is 3.88. The van der Waals surface area contributed by atoms with Gasteiger partial charge in [-0.05, 0) is 53.7 Å². The van der Waals surface area contributed by atoms with Crippen molar-refractivity contribution in [1.29, 1.82) is 0 Å². The van der Waals surface area contributed by atoms with Gasteiger partial charge in [0.1, 0.15) is 5.75 Å². The number of hydrogen-bond donors (Lipinski definition) is 2. The highest BCUT2D eigenvalue weighted by Crippen LogP contribution is 2.36. The van der Waals surface area contributed by atoms with Gasteiger partial charge in [0, 0.05) is 16.6 Å². The van der Waals surface area contributed by atoms with Crippen molar-refractivity contribution in [3.63, 3.8) is 0 Å². The van der Waals surface area contributed by atoms with E-state index in [2.05, 4.69) is 11.6 Å². The van der Waals surface area contributed by atoms with E-state index in [9.17, 15) is 19.8 Å². The summed E-state index contributed by atoms with van der Waals surface area (Å²) in [5, 5.41) is 20.1. The van der Waals surface area contributed by atoms with Gasteiger partial charge in [-0.25, -0.2) is 9.79 Å². The molecule has 0 bridgehead atoms. The van der Waals surface area contributed by atoms with Crippen LogP contribution in [0.2, 0.25) is 10.0 Å². The zero-order valence-corrected chi connectivity index (χ0v) is 17.1. The molecular weight excluding hydrogens is 435 g/mol. The summed E-state index contributed by atoms with van der Waals surface area (Å²) in [5.74, 6) is -1.74. The van der Waals surface area contributed by atoms with Crippen LogP contribution in [0, 0.1) is 0 Å². The Bertz CT molecular complexity index is 1080. The average Bonchev–Trinajstić information content (AvgIpc) is 2.94. The summed E-state index contributed by atoms with van der Waals surface area (Å²) in [6.45, 7) is 3.84. The zero-order valence-electron chi connectivity index (χ0n) is 14.8. The second-order valence-electron chi connectivity index (χ2n) is 5.88. The molecule has 1 fully saturated rings. The normalized spacial score (nSPS) is 16.6. The summed E-state index contributed by atoms with van der Waals surface area (Å²) >= 11 is 13.2. The maximum absolute atomic E-state index is 12.8. The predicted octanol–water partition coefficient (Wildman–Crippen LogP) is 5.19. The number of phenols is 1. The van der Waals surface area contributed by atoms with Crippen LogP contribution in [0.1, 0.15) is 15.9 Å². The SMILES string of the molecule is C=CCN1C(=O)/C(=C/c2ccc(Cl)cc2Cl)SC1=Nc1ccc(O)cc1C(=O)O. The highest BCUT2D eigenvalue weighted by molar-refractivity contribution is 8.18. The number of benzene rings is 2. The summed E-state index contributed by atoms with van der Waals surface area (Å²) in [7, 11) is 0. The minimum atomic E-state index is -1.24. The van der Waals surface area contributed by atoms with E-state index in [0.29, 0.717) is 25.7 Å². The van der Waals surface area contributed by atoms with E-state index in [1.807, 2.05) is 0 Å². The predicted molar refractivity (Wildman–Crippen MR) is 116 cm³/mol. The maximum Gasteiger partial charge on any atom is 0.338 e. The van der Waals surface area contributed by atoms with Crippen LogP contribution in [0.25, 0.3) is 6.08 Å². The molecule has 0 spiro atoms. The largest absolute Gasteiger partial charge is 0.508 e. The molecule has 29 heavy (non-hydrogen) atoms. The molecule has 148 valence electrons. The number of nitrogens with zero attached hydrogens (tertiary/aromatic N) is 2. The Balaban J connectivity index is 2.04. The van der Waals surface area contributed by atoms with Gasteiger partial charge in [0.15, 0.2) is 5.17 Å². The number of carboxylic acid groups (broad SMARTS) is 1. The fourth-order valence-corrected chi connectivity index (χ4v) is 3.99. The van der Waals surface area contributed by atoms with Crippen LogP contribution in [0.3, 0.4) is 0 Å². The van der Waals surface area contributed by atoms with Gasteiger partial charge in [0.25, 0.3) is 5.91 Å². The van der Waals surface area contributed by atoms with Gasteiger partial charge in [0.2, 0.25) is 0 Å². The average molecular weight is 449 g/mol. The van der Waals surface area contributed by atoms with Gasteiger partial charge < -0.3 is 10.2 Å². The Labute approximate surface area is 180 Å². The topological polar surface area (TPSA) is 90.2 Å². The second-order valence-corrected chi connectivity index (χ2v) is 7.73. The minimum absolute atomic E-state index is 0.116. The number of carbonyl (C=O) groups is 2. The van der Waals surface area contributed by atoms with Crippen molar-refractivity contribution in [3.05, 3.63) is 75.1 Å². The minimum Gasteiger partial charge on any atom is -0.508 e. The van der Waals surface area contributed by atoms with Gasteiger partial charge in [-0.2, -0.15) is 0 Å². The summed E-state index contributed by atoms with van der Waals surface area (Å²) in [5.41, 5.74) is 0.551. The first kappa shape index (κ1) is 21.0. The quantitative estimate of drug-likeness (QED) is 0.485. The number of aromatic hydroxyl groups is 1. The molecule has 1 aliphatic heterocycles. The molecular formula is C20H14Cl2N2O4S.